The van der Waals surface area contributed by atoms with Gasteiger partial charge in [0, 0.05) is 24.8 Å². The minimum absolute atomic E-state index is 0.121. The van der Waals surface area contributed by atoms with Crippen LogP contribution in [0.5, 0.6) is 0 Å². The van der Waals surface area contributed by atoms with Crippen LogP contribution in [0.1, 0.15) is 37.0 Å². The first-order valence-corrected chi connectivity index (χ1v) is 11.7. The SMILES string of the molecule is CCC(NC(=O)c1cn(-c2c(F)cc(F)cc2Cl)c2nc(N3CC(O)CC3C)ccc2c1=O)C(F)(F)F. The first-order chi connectivity index (χ1) is 17.3. The molecule has 3 atom stereocenters. The summed E-state index contributed by atoms with van der Waals surface area (Å²) in [5.41, 5.74) is -2.27. The van der Waals surface area contributed by atoms with Crippen molar-refractivity contribution >= 4 is 34.4 Å². The number of aromatic nitrogens is 2. The molecular weight excluding hydrogens is 523 g/mol. The molecule has 1 aromatic carbocycles. The first kappa shape index (κ1) is 26.8. The largest absolute Gasteiger partial charge is 0.408 e. The highest BCUT2D eigenvalue weighted by atomic mass is 35.5. The molecule has 0 spiro atoms. The minimum Gasteiger partial charge on any atom is -0.391 e. The zero-order valence-corrected chi connectivity index (χ0v) is 20.4. The summed E-state index contributed by atoms with van der Waals surface area (Å²) in [6.07, 6.45) is -4.57. The van der Waals surface area contributed by atoms with Crippen LogP contribution in [0.4, 0.5) is 27.8 Å². The molecule has 0 saturated carbocycles. The molecule has 3 aromatic rings. The summed E-state index contributed by atoms with van der Waals surface area (Å²) in [4.78, 5) is 32.2. The lowest BCUT2D eigenvalue weighted by molar-refractivity contribution is -0.153. The summed E-state index contributed by atoms with van der Waals surface area (Å²) < 4.78 is 69.4. The van der Waals surface area contributed by atoms with Crippen molar-refractivity contribution in [2.24, 2.45) is 0 Å². The second kappa shape index (κ2) is 9.90. The monoisotopic (exact) mass is 544 g/mol. The maximum atomic E-state index is 15.0. The lowest BCUT2D eigenvalue weighted by atomic mass is 10.1. The number of hydrogen-bond acceptors (Lipinski definition) is 5. The van der Waals surface area contributed by atoms with Crippen LogP contribution in [0.3, 0.4) is 0 Å². The second-order valence-corrected chi connectivity index (χ2v) is 9.27. The molecule has 198 valence electrons. The summed E-state index contributed by atoms with van der Waals surface area (Å²) in [6.45, 7) is 3.31. The van der Waals surface area contributed by atoms with Crippen LogP contribution in [-0.4, -0.2) is 51.5 Å². The molecule has 37 heavy (non-hydrogen) atoms. The normalized spacial score (nSPS) is 18.9. The molecule has 0 aliphatic carbocycles. The lowest BCUT2D eigenvalue weighted by Gasteiger charge is -2.24. The molecule has 2 N–H and O–H groups in total. The molecule has 0 bridgehead atoms. The fraction of sp³-hybridized carbons (Fsp3) is 0.375. The molecule has 1 amide bonds. The molecule has 1 fully saturated rings. The number of pyridine rings is 2. The molecule has 4 rings (SSSR count). The number of nitrogens with one attached hydrogen (secondary N) is 1. The Morgan fingerprint density at radius 3 is 2.57 bits per heavy atom. The third-order valence-corrected chi connectivity index (χ3v) is 6.55. The number of alkyl halides is 3. The molecule has 1 aliphatic heterocycles. The van der Waals surface area contributed by atoms with E-state index < -0.39 is 64.0 Å². The van der Waals surface area contributed by atoms with Crippen LogP contribution in [0, 0.1) is 11.6 Å². The Labute approximate surface area is 212 Å². The Morgan fingerprint density at radius 2 is 2.00 bits per heavy atom. The molecule has 3 heterocycles. The Bertz CT molecular complexity index is 1400. The van der Waals surface area contributed by atoms with E-state index in [-0.39, 0.29) is 23.6 Å². The molecule has 13 heteroatoms. The number of carbonyl (C=O) groups is 1. The topological polar surface area (TPSA) is 87.5 Å². The van der Waals surface area contributed by atoms with E-state index in [1.807, 2.05) is 6.92 Å². The number of halogens is 6. The van der Waals surface area contributed by atoms with Crippen molar-refractivity contribution in [1.29, 1.82) is 0 Å². The van der Waals surface area contributed by atoms with Gasteiger partial charge in [-0.25, -0.2) is 13.8 Å². The van der Waals surface area contributed by atoms with Gasteiger partial charge in [0.1, 0.15) is 28.9 Å². The van der Waals surface area contributed by atoms with Crippen molar-refractivity contribution in [1.82, 2.24) is 14.9 Å². The highest BCUT2D eigenvalue weighted by Gasteiger charge is 2.40. The van der Waals surface area contributed by atoms with Gasteiger partial charge in [-0.05, 0) is 38.0 Å². The number of aliphatic hydroxyl groups is 1. The number of anilines is 1. The van der Waals surface area contributed by atoms with E-state index in [4.69, 9.17) is 11.6 Å². The Kier molecular flexibility index (Phi) is 7.17. The summed E-state index contributed by atoms with van der Waals surface area (Å²) >= 11 is 6.12. The smallest absolute Gasteiger partial charge is 0.391 e. The molecular formula is C24H22ClF5N4O3. The number of amides is 1. The predicted molar refractivity (Wildman–Crippen MR) is 127 cm³/mol. The van der Waals surface area contributed by atoms with Gasteiger partial charge in [0.05, 0.1) is 16.5 Å². The fourth-order valence-electron chi connectivity index (χ4n) is 4.42. The van der Waals surface area contributed by atoms with Crippen molar-refractivity contribution in [2.75, 3.05) is 11.4 Å². The Balaban J connectivity index is 1.96. The van der Waals surface area contributed by atoms with E-state index in [2.05, 4.69) is 4.98 Å². The molecule has 1 saturated heterocycles. The van der Waals surface area contributed by atoms with Crippen molar-refractivity contribution in [3.05, 3.63) is 62.9 Å². The number of aliphatic hydroxyl groups excluding tert-OH is 1. The van der Waals surface area contributed by atoms with E-state index in [1.54, 1.807) is 10.2 Å². The van der Waals surface area contributed by atoms with Crippen LogP contribution in [0.15, 0.2) is 35.3 Å². The summed E-state index contributed by atoms with van der Waals surface area (Å²) in [6, 6.07) is 1.76. The quantitative estimate of drug-likeness (QED) is 0.467. The third-order valence-electron chi connectivity index (χ3n) is 6.26. The van der Waals surface area contributed by atoms with Crippen LogP contribution in [-0.2, 0) is 0 Å². The number of nitrogens with zero attached hydrogens (tertiary/aromatic N) is 3. The van der Waals surface area contributed by atoms with E-state index in [0.29, 0.717) is 18.3 Å². The molecule has 2 aromatic heterocycles. The van der Waals surface area contributed by atoms with Gasteiger partial charge in [-0.1, -0.05) is 18.5 Å². The van der Waals surface area contributed by atoms with Crippen LogP contribution >= 0.6 is 11.6 Å². The summed E-state index contributed by atoms with van der Waals surface area (Å²) in [5.74, 6) is -3.15. The van der Waals surface area contributed by atoms with E-state index in [9.17, 15) is 36.6 Å². The standard InChI is InChI=1S/C24H22ClF5N4O3/c1-3-18(24(28,29)30)31-23(37)15-10-34(20-16(25)7-12(26)8-17(20)27)22-14(21(15)36)4-5-19(32-22)33-9-13(35)6-11(33)2/h4-5,7-8,10-11,13,18,35H,3,6,9H2,1-2H3,(H,31,37). The first-order valence-electron chi connectivity index (χ1n) is 11.3. The zero-order chi connectivity index (χ0) is 27.2. The number of carbonyl (C=O) groups excluding carboxylic acids is 1. The molecule has 3 unspecified atom stereocenters. The molecule has 0 radical (unpaired) electrons. The van der Waals surface area contributed by atoms with Crippen molar-refractivity contribution in [3.8, 4) is 5.69 Å². The number of fused-ring (bicyclic) bond motifs is 1. The van der Waals surface area contributed by atoms with Gasteiger partial charge in [-0.2, -0.15) is 13.2 Å². The van der Waals surface area contributed by atoms with Gasteiger partial charge in [0.2, 0.25) is 5.43 Å². The maximum Gasteiger partial charge on any atom is 0.408 e. The number of β-amino-alcohol motifs (C(OH)–C–C–N with tert-alkyl or cyclic N) is 1. The van der Waals surface area contributed by atoms with Crippen LogP contribution < -0.4 is 15.6 Å². The van der Waals surface area contributed by atoms with Gasteiger partial charge in [-0.15, -0.1) is 0 Å². The average Bonchev–Trinajstić information content (AvgIpc) is 3.14. The summed E-state index contributed by atoms with van der Waals surface area (Å²) in [7, 11) is 0. The Morgan fingerprint density at radius 1 is 1.30 bits per heavy atom. The van der Waals surface area contributed by atoms with Crippen molar-refractivity contribution in [2.45, 2.75) is 51.1 Å². The van der Waals surface area contributed by atoms with Gasteiger partial charge >= 0.3 is 6.18 Å². The molecule has 7 nitrogen and oxygen atoms in total. The van der Waals surface area contributed by atoms with Crippen molar-refractivity contribution in [3.63, 3.8) is 0 Å². The third kappa shape index (κ3) is 5.12. The maximum absolute atomic E-state index is 15.0. The fourth-order valence-corrected chi connectivity index (χ4v) is 4.71. The van der Waals surface area contributed by atoms with Crippen molar-refractivity contribution < 1.29 is 31.9 Å². The number of rotatable bonds is 5. The zero-order valence-electron chi connectivity index (χ0n) is 19.6. The highest BCUT2D eigenvalue weighted by molar-refractivity contribution is 6.32. The van der Waals surface area contributed by atoms with E-state index in [0.717, 1.165) is 16.8 Å². The Hall–Kier alpha value is -3.25. The average molecular weight is 545 g/mol. The second-order valence-electron chi connectivity index (χ2n) is 8.87. The highest BCUT2D eigenvalue weighted by Crippen LogP contribution is 2.30. The molecule has 1 aliphatic rings. The van der Waals surface area contributed by atoms with Gasteiger partial charge in [0.15, 0.2) is 11.5 Å². The van der Waals surface area contributed by atoms with E-state index >= 15 is 0 Å². The van der Waals surface area contributed by atoms with E-state index in [1.165, 1.54) is 19.1 Å². The van der Waals surface area contributed by atoms with Gasteiger partial charge in [0.25, 0.3) is 5.91 Å². The number of benzene rings is 1. The van der Waals surface area contributed by atoms with Gasteiger partial charge < -0.3 is 15.3 Å². The summed E-state index contributed by atoms with van der Waals surface area (Å²) in [5, 5.41) is 11.2. The number of hydrogen-bond donors (Lipinski definition) is 2. The van der Waals surface area contributed by atoms with Crippen LogP contribution in [0.2, 0.25) is 5.02 Å². The predicted octanol–water partition coefficient (Wildman–Crippen LogP) is 4.35. The minimum atomic E-state index is -4.76. The van der Waals surface area contributed by atoms with Gasteiger partial charge in [-0.3, -0.25) is 14.2 Å². The lowest BCUT2D eigenvalue weighted by Crippen LogP contribution is -2.46. The van der Waals surface area contributed by atoms with Crippen LogP contribution in [0.25, 0.3) is 16.7 Å².